The van der Waals surface area contributed by atoms with Crippen LogP contribution in [-0.4, -0.2) is 42.6 Å². The fourth-order valence-corrected chi connectivity index (χ4v) is 4.03. The lowest BCUT2D eigenvalue weighted by Gasteiger charge is -2.30. The number of hydrogen-bond donors (Lipinski definition) is 1. The quantitative estimate of drug-likeness (QED) is 0.576. The Kier molecular flexibility index (Phi) is 7.98. The molecule has 1 aliphatic heterocycles. The van der Waals surface area contributed by atoms with E-state index < -0.39 is 0 Å². The molecule has 3 rings (SSSR count). The minimum absolute atomic E-state index is 0. The van der Waals surface area contributed by atoms with Crippen molar-refractivity contribution in [3.63, 3.8) is 0 Å². The van der Waals surface area contributed by atoms with Gasteiger partial charge in [-0.25, -0.2) is 4.79 Å². The van der Waals surface area contributed by atoms with Crippen molar-refractivity contribution in [2.45, 2.75) is 45.7 Å². The molecule has 1 saturated heterocycles. The summed E-state index contributed by atoms with van der Waals surface area (Å²) in [6.07, 6.45) is 6.93. The Hall–Kier alpha value is -2.42. The van der Waals surface area contributed by atoms with Crippen molar-refractivity contribution >= 4 is 5.97 Å². The lowest BCUT2D eigenvalue weighted by molar-refractivity contribution is 0.0487. The molecule has 2 N–H and O–H groups in total. The molecule has 2 aliphatic rings. The zero-order chi connectivity index (χ0) is 19.2. The van der Waals surface area contributed by atoms with Gasteiger partial charge in [-0.1, -0.05) is 31.7 Å². The predicted molar refractivity (Wildman–Crippen MR) is 112 cm³/mol. The molecule has 0 spiro atoms. The minimum atomic E-state index is -0.284. The fraction of sp³-hybridized carbons (Fsp3) is 0.478. The van der Waals surface area contributed by atoms with Crippen molar-refractivity contribution < 1.29 is 9.53 Å². The van der Waals surface area contributed by atoms with Crippen molar-refractivity contribution in [3.8, 4) is 6.07 Å². The number of esters is 1. The van der Waals surface area contributed by atoms with E-state index in [0.717, 1.165) is 37.9 Å². The second-order valence-corrected chi connectivity index (χ2v) is 7.42. The van der Waals surface area contributed by atoms with Crippen LogP contribution in [0.15, 0.2) is 53.6 Å². The molecule has 0 amide bonds. The van der Waals surface area contributed by atoms with E-state index in [0.29, 0.717) is 18.1 Å². The van der Waals surface area contributed by atoms with Crippen LogP contribution in [-0.2, 0) is 4.74 Å². The van der Waals surface area contributed by atoms with Gasteiger partial charge in [-0.15, -0.1) is 0 Å². The summed E-state index contributed by atoms with van der Waals surface area (Å²) in [7, 11) is 0. The van der Waals surface area contributed by atoms with E-state index in [2.05, 4.69) is 17.0 Å². The number of nitrogens with two attached hydrogens (primary N) is 1. The van der Waals surface area contributed by atoms with E-state index in [9.17, 15) is 10.1 Å². The van der Waals surface area contributed by atoms with Gasteiger partial charge in [-0.3, -0.25) is 4.90 Å². The Morgan fingerprint density at radius 3 is 2.82 bits per heavy atom. The summed E-state index contributed by atoms with van der Waals surface area (Å²) in [5, 5.41) is 9.61. The van der Waals surface area contributed by atoms with E-state index in [1.165, 1.54) is 5.57 Å². The number of nitriles is 1. The summed E-state index contributed by atoms with van der Waals surface area (Å²) in [5.74, 6) is 0.0962. The zero-order valence-electron chi connectivity index (χ0n) is 15.8. The van der Waals surface area contributed by atoms with Crippen LogP contribution in [0.3, 0.4) is 0 Å². The topological polar surface area (TPSA) is 79.3 Å². The maximum Gasteiger partial charge on any atom is 0.338 e. The molecule has 0 radical (unpaired) electrons. The van der Waals surface area contributed by atoms with Crippen molar-refractivity contribution in [1.29, 1.82) is 5.26 Å². The van der Waals surface area contributed by atoms with Crippen molar-refractivity contribution in [2.24, 2.45) is 11.7 Å². The molecule has 1 aromatic carbocycles. The van der Waals surface area contributed by atoms with Crippen LogP contribution in [0.25, 0.3) is 0 Å². The first-order valence-electron chi connectivity index (χ1n) is 9.62. The van der Waals surface area contributed by atoms with Crippen molar-refractivity contribution in [1.82, 2.24) is 4.90 Å². The third-order valence-corrected chi connectivity index (χ3v) is 5.16. The number of ether oxygens (including phenoxy) is 1. The maximum atomic E-state index is 12.0. The van der Waals surface area contributed by atoms with Gasteiger partial charge in [0.1, 0.15) is 0 Å². The Morgan fingerprint density at radius 1 is 1.39 bits per heavy atom. The highest BCUT2D eigenvalue weighted by Gasteiger charge is 2.37. The normalized spacial score (nSPS) is 22.2. The van der Waals surface area contributed by atoms with Gasteiger partial charge in [0.25, 0.3) is 0 Å². The molecule has 1 aliphatic carbocycles. The van der Waals surface area contributed by atoms with Gasteiger partial charge in [0.15, 0.2) is 0 Å². The van der Waals surface area contributed by atoms with E-state index in [1.807, 2.05) is 31.2 Å². The summed E-state index contributed by atoms with van der Waals surface area (Å²) < 4.78 is 5.37. The van der Waals surface area contributed by atoms with Crippen LogP contribution in [0.2, 0.25) is 0 Å². The molecule has 5 nitrogen and oxygen atoms in total. The Bertz CT molecular complexity index is 762. The highest BCUT2D eigenvalue weighted by Crippen LogP contribution is 2.36. The molecule has 0 saturated carbocycles. The molecule has 3 atom stereocenters. The molecule has 150 valence electrons. The van der Waals surface area contributed by atoms with Gasteiger partial charge in [0.2, 0.25) is 0 Å². The van der Waals surface area contributed by atoms with Gasteiger partial charge in [0.05, 0.1) is 24.3 Å². The lowest BCUT2D eigenvalue weighted by Crippen LogP contribution is -2.36. The first kappa shape index (κ1) is 21.9. The second-order valence-electron chi connectivity index (χ2n) is 7.42. The number of allylic oxidation sites excluding steroid dienone is 1. The Balaban J connectivity index is 0.00000280. The first-order valence-corrected chi connectivity index (χ1v) is 9.62. The van der Waals surface area contributed by atoms with Crippen LogP contribution in [0.5, 0.6) is 0 Å². The molecule has 1 heterocycles. The van der Waals surface area contributed by atoms with E-state index >= 15 is 0 Å². The molecule has 5 heteroatoms. The van der Waals surface area contributed by atoms with Crippen LogP contribution in [0, 0.1) is 17.2 Å². The second kappa shape index (κ2) is 10.2. The number of rotatable bonds is 7. The monoisotopic (exact) mass is 381 g/mol. The molecule has 0 bridgehead atoms. The lowest BCUT2D eigenvalue weighted by atomic mass is 9.85. The van der Waals surface area contributed by atoms with Crippen LogP contribution in [0.4, 0.5) is 0 Å². The average Bonchev–Trinajstić information content (AvgIpc) is 3.07. The molecule has 2 unspecified atom stereocenters. The summed E-state index contributed by atoms with van der Waals surface area (Å²) in [6, 6.07) is 11.7. The van der Waals surface area contributed by atoms with Gasteiger partial charge >= 0.3 is 5.97 Å². The Labute approximate surface area is 168 Å². The number of carbonyl (C=O) groups excluding carboxylic acids is 1. The average molecular weight is 382 g/mol. The van der Waals surface area contributed by atoms with Gasteiger partial charge in [-0.2, -0.15) is 5.26 Å². The van der Waals surface area contributed by atoms with Crippen molar-refractivity contribution in [3.05, 3.63) is 59.2 Å². The van der Waals surface area contributed by atoms with Gasteiger partial charge in [0, 0.05) is 18.2 Å². The molecule has 1 aromatic rings. The highest BCUT2D eigenvalue weighted by molar-refractivity contribution is 5.89. The minimum Gasteiger partial charge on any atom is -0.462 e. The van der Waals surface area contributed by atoms with Crippen LogP contribution >= 0.6 is 0 Å². The fourth-order valence-electron chi connectivity index (χ4n) is 4.03. The molecular formula is C23H31N3O2. The van der Waals surface area contributed by atoms with Crippen LogP contribution in [0.1, 0.15) is 44.0 Å². The molecular weight excluding hydrogens is 350 g/mol. The maximum absolute atomic E-state index is 12.0. The zero-order valence-corrected chi connectivity index (χ0v) is 15.8. The predicted octanol–water partition coefficient (Wildman–Crippen LogP) is 3.69. The number of likely N-dealkylation sites (tertiary alicyclic amines) is 1. The van der Waals surface area contributed by atoms with E-state index in [-0.39, 0.29) is 25.5 Å². The number of carbonyl (C=O) groups is 1. The van der Waals surface area contributed by atoms with Gasteiger partial charge in [-0.05, 0) is 62.4 Å². The summed E-state index contributed by atoms with van der Waals surface area (Å²) >= 11 is 0. The molecule has 0 aromatic heterocycles. The number of fused-ring (bicyclic) bond motifs is 1. The standard InChI is InChI=1S/C22H27N3O2.CH4/c1-16(24)12-17-13-19-8-10-25(21(19)20(14-17)15-23)9-5-11-27-22(26)18-6-3-2-4-7-18;/h2-4,6-7,13-14,16,19,21H,5,8-12,24H2,1H3;1H4/t16-,19?,21?;/m1./s1. The molecule has 1 fully saturated rings. The first-order chi connectivity index (χ1) is 13.1. The summed E-state index contributed by atoms with van der Waals surface area (Å²) in [5.41, 5.74) is 8.51. The highest BCUT2D eigenvalue weighted by atomic mass is 16.5. The summed E-state index contributed by atoms with van der Waals surface area (Å²) in [6.45, 7) is 4.16. The number of hydrogen-bond acceptors (Lipinski definition) is 5. The SMILES string of the molecule is C.C[C@@H](N)CC1=CC2CCN(CCCOC(=O)c3ccccc3)C2C(C#N)=C1. The van der Waals surface area contributed by atoms with Crippen LogP contribution < -0.4 is 5.73 Å². The van der Waals surface area contributed by atoms with Crippen molar-refractivity contribution in [2.75, 3.05) is 19.7 Å². The van der Waals surface area contributed by atoms with E-state index in [4.69, 9.17) is 10.5 Å². The smallest absolute Gasteiger partial charge is 0.338 e. The molecule has 28 heavy (non-hydrogen) atoms. The van der Waals surface area contributed by atoms with E-state index in [1.54, 1.807) is 12.1 Å². The summed E-state index contributed by atoms with van der Waals surface area (Å²) in [4.78, 5) is 14.3. The number of nitrogens with zero attached hydrogens (tertiary/aromatic N) is 2. The largest absolute Gasteiger partial charge is 0.462 e. The Morgan fingerprint density at radius 2 is 2.14 bits per heavy atom. The number of benzene rings is 1. The van der Waals surface area contributed by atoms with Gasteiger partial charge < -0.3 is 10.5 Å². The third-order valence-electron chi connectivity index (χ3n) is 5.16. The third kappa shape index (κ3) is 5.31.